The molecule has 3 N–H and O–H groups in total. The third kappa shape index (κ3) is 8.31. The molecule has 2 aromatic rings. The van der Waals surface area contributed by atoms with Crippen LogP contribution < -0.4 is 20.7 Å². The number of carbonyl (C=O) groups is 1. The van der Waals surface area contributed by atoms with E-state index in [4.69, 9.17) is 4.74 Å². The van der Waals surface area contributed by atoms with Crippen LogP contribution in [0.5, 0.6) is 5.75 Å². The first-order chi connectivity index (χ1) is 15.2. The molecule has 8 heteroatoms. The average molecular weight is 551 g/mol. The van der Waals surface area contributed by atoms with Gasteiger partial charge in [0.25, 0.3) is 5.91 Å². The first kappa shape index (κ1) is 25.9. The number of hydrogen-bond acceptors (Lipinski definition) is 4. The second-order valence-corrected chi connectivity index (χ2v) is 7.67. The molecule has 1 fully saturated rings. The average Bonchev–Trinajstić information content (AvgIpc) is 2.82. The second-order valence-electron chi connectivity index (χ2n) is 7.67. The zero-order chi connectivity index (χ0) is 21.9. The first-order valence-electron chi connectivity index (χ1n) is 10.8. The molecule has 1 saturated heterocycles. The van der Waals surface area contributed by atoms with Gasteiger partial charge in [-0.25, -0.2) is 0 Å². The number of amides is 1. The summed E-state index contributed by atoms with van der Waals surface area (Å²) in [5.41, 5.74) is 1.95. The Morgan fingerprint density at radius 1 is 1.06 bits per heavy atom. The lowest BCUT2D eigenvalue weighted by molar-refractivity contribution is 0.0954. The summed E-state index contributed by atoms with van der Waals surface area (Å²) < 4.78 is 5.17. The van der Waals surface area contributed by atoms with Gasteiger partial charge in [-0.2, -0.15) is 0 Å². The number of rotatable bonds is 8. The summed E-state index contributed by atoms with van der Waals surface area (Å²) in [5.74, 6) is 1.33. The molecule has 0 spiro atoms. The SMILES string of the molecule is CN=C(NCCNC(=O)c1cccc(OC)c1)NC1CCN(Cc2ccccc2)CC1.I. The van der Waals surface area contributed by atoms with E-state index in [0.29, 0.717) is 30.4 Å². The van der Waals surface area contributed by atoms with E-state index in [0.717, 1.165) is 38.4 Å². The van der Waals surface area contributed by atoms with Crippen LogP contribution in [0, 0.1) is 0 Å². The minimum atomic E-state index is -0.116. The van der Waals surface area contributed by atoms with Crippen molar-refractivity contribution in [2.45, 2.75) is 25.4 Å². The second kappa shape index (κ2) is 13.9. The number of halogens is 1. The Morgan fingerprint density at radius 3 is 2.47 bits per heavy atom. The van der Waals surface area contributed by atoms with Gasteiger partial charge in [-0.05, 0) is 36.6 Å². The van der Waals surface area contributed by atoms with Gasteiger partial charge in [-0.3, -0.25) is 14.7 Å². The van der Waals surface area contributed by atoms with Gasteiger partial charge in [0.1, 0.15) is 5.75 Å². The van der Waals surface area contributed by atoms with E-state index < -0.39 is 0 Å². The van der Waals surface area contributed by atoms with E-state index in [-0.39, 0.29) is 29.9 Å². The number of aliphatic imine (C=N–C) groups is 1. The maximum absolute atomic E-state index is 12.3. The fourth-order valence-corrected chi connectivity index (χ4v) is 3.69. The summed E-state index contributed by atoms with van der Waals surface area (Å²) in [6, 6.07) is 18.2. The fraction of sp³-hybridized carbons (Fsp3) is 0.417. The quantitative estimate of drug-likeness (QED) is 0.204. The predicted molar refractivity (Wildman–Crippen MR) is 140 cm³/mol. The number of likely N-dealkylation sites (tertiary alicyclic amines) is 1. The van der Waals surface area contributed by atoms with E-state index in [1.807, 2.05) is 12.1 Å². The molecule has 0 saturated carbocycles. The van der Waals surface area contributed by atoms with Crippen molar-refractivity contribution >= 4 is 35.8 Å². The maximum Gasteiger partial charge on any atom is 0.251 e. The molecule has 7 nitrogen and oxygen atoms in total. The Labute approximate surface area is 208 Å². The van der Waals surface area contributed by atoms with Crippen molar-refractivity contribution in [2.24, 2.45) is 4.99 Å². The third-order valence-corrected chi connectivity index (χ3v) is 5.44. The van der Waals surface area contributed by atoms with Crippen molar-refractivity contribution in [3.05, 3.63) is 65.7 Å². The Morgan fingerprint density at radius 2 is 1.78 bits per heavy atom. The van der Waals surface area contributed by atoms with Crippen LogP contribution in [0.25, 0.3) is 0 Å². The smallest absolute Gasteiger partial charge is 0.251 e. The lowest BCUT2D eigenvalue weighted by atomic mass is 10.0. The lowest BCUT2D eigenvalue weighted by Crippen LogP contribution is -2.49. The van der Waals surface area contributed by atoms with Crippen molar-refractivity contribution in [1.29, 1.82) is 0 Å². The summed E-state index contributed by atoms with van der Waals surface area (Å²) in [6.45, 7) is 4.25. The molecule has 174 valence electrons. The van der Waals surface area contributed by atoms with Crippen molar-refractivity contribution in [3.8, 4) is 5.75 Å². The largest absolute Gasteiger partial charge is 0.497 e. The molecule has 1 aliphatic heterocycles. The molecule has 1 amide bonds. The van der Waals surface area contributed by atoms with Crippen LogP contribution in [0.1, 0.15) is 28.8 Å². The van der Waals surface area contributed by atoms with E-state index >= 15 is 0 Å². The van der Waals surface area contributed by atoms with Gasteiger partial charge >= 0.3 is 0 Å². The molecule has 0 atom stereocenters. The van der Waals surface area contributed by atoms with Gasteiger partial charge < -0.3 is 20.7 Å². The van der Waals surface area contributed by atoms with Crippen LogP contribution in [0.3, 0.4) is 0 Å². The summed E-state index contributed by atoms with van der Waals surface area (Å²) in [6.07, 6.45) is 2.17. The zero-order valence-corrected chi connectivity index (χ0v) is 21.2. The number of guanidine groups is 1. The maximum atomic E-state index is 12.3. The number of benzene rings is 2. The van der Waals surface area contributed by atoms with Crippen molar-refractivity contribution in [1.82, 2.24) is 20.9 Å². The lowest BCUT2D eigenvalue weighted by Gasteiger charge is -2.33. The highest BCUT2D eigenvalue weighted by atomic mass is 127. The minimum absolute atomic E-state index is 0. The molecule has 0 radical (unpaired) electrons. The van der Waals surface area contributed by atoms with Crippen LogP contribution in [-0.4, -0.2) is 63.1 Å². The van der Waals surface area contributed by atoms with Gasteiger partial charge in [0.2, 0.25) is 0 Å². The summed E-state index contributed by atoms with van der Waals surface area (Å²) in [5, 5.41) is 9.71. The fourth-order valence-electron chi connectivity index (χ4n) is 3.69. The Bertz CT molecular complexity index is 854. The number of ether oxygens (including phenoxy) is 1. The molecule has 3 rings (SSSR count). The van der Waals surface area contributed by atoms with Crippen LogP contribution in [0.15, 0.2) is 59.6 Å². The summed E-state index contributed by atoms with van der Waals surface area (Å²) in [4.78, 5) is 19.1. The number of piperidine rings is 1. The number of carbonyl (C=O) groups excluding carboxylic acids is 1. The molecule has 1 heterocycles. The molecule has 2 aromatic carbocycles. The van der Waals surface area contributed by atoms with Crippen molar-refractivity contribution in [2.75, 3.05) is 40.3 Å². The standard InChI is InChI=1S/C24H33N5O2.HI/c1-25-24(27-14-13-26-23(30)20-9-6-10-22(17-20)31-2)28-21-11-15-29(16-12-21)18-19-7-4-3-5-8-19;/h3-10,17,21H,11-16,18H2,1-2H3,(H,26,30)(H2,25,27,28);1H. The molecule has 1 aliphatic rings. The van der Waals surface area contributed by atoms with Gasteiger partial charge in [-0.15, -0.1) is 24.0 Å². The number of methoxy groups -OCH3 is 1. The first-order valence-corrected chi connectivity index (χ1v) is 10.8. The van der Waals surface area contributed by atoms with Crippen molar-refractivity contribution < 1.29 is 9.53 Å². The normalized spacial score (nSPS) is 14.9. The Kier molecular flexibility index (Phi) is 11.3. The van der Waals surface area contributed by atoms with E-state index in [1.54, 1.807) is 26.3 Å². The van der Waals surface area contributed by atoms with E-state index in [9.17, 15) is 4.79 Å². The number of nitrogens with one attached hydrogen (secondary N) is 3. The molecule has 0 aromatic heterocycles. The minimum Gasteiger partial charge on any atom is -0.497 e. The highest BCUT2D eigenvalue weighted by molar-refractivity contribution is 14.0. The zero-order valence-electron chi connectivity index (χ0n) is 18.8. The number of hydrogen-bond donors (Lipinski definition) is 3. The van der Waals surface area contributed by atoms with Gasteiger partial charge in [0.05, 0.1) is 7.11 Å². The molecule has 0 bridgehead atoms. The van der Waals surface area contributed by atoms with Crippen LogP contribution in [-0.2, 0) is 6.54 Å². The van der Waals surface area contributed by atoms with Crippen LogP contribution in [0.2, 0.25) is 0 Å². The Balaban J connectivity index is 0.00000363. The molecular weight excluding hydrogens is 517 g/mol. The van der Waals surface area contributed by atoms with Gasteiger partial charge in [0.15, 0.2) is 5.96 Å². The van der Waals surface area contributed by atoms with E-state index in [2.05, 4.69) is 56.2 Å². The molecule has 0 aliphatic carbocycles. The molecule has 32 heavy (non-hydrogen) atoms. The van der Waals surface area contributed by atoms with Gasteiger partial charge in [-0.1, -0.05) is 36.4 Å². The van der Waals surface area contributed by atoms with E-state index in [1.165, 1.54) is 5.56 Å². The summed E-state index contributed by atoms with van der Waals surface area (Å²) in [7, 11) is 3.36. The van der Waals surface area contributed by atoms with Crippen LogP contribution >= 0.6 is 24.0 Å². The monoisotopic (exact) mass is 551 g/mol. The highest BCUT2D eigenvalue weighted by Gasteiger charge is 2.20. The number of nitrogens with zero attached hydrogens (tertiary/aromatic N) is 2. The Hall–Kier alpha value is -2.33. The highest BCUT2D eigenvalue weighted by Crippen LogP contribution is 2.14. The van der Waals surface area contributed by atoms with Gasteiger partial charge in [0, 0.05) is 51.4 Å². The molecular formula is C24H34IN5O2. The summed E-state index contributed by atoms with van der Waals surface area (Å²) >= 11 is 0. The predicted octanol–water partition coefficient (Wildman–Crippen LogP) is 2.87. The topological polar surface area (TPSA) is 78.0 Å². The third-order valence-electron chi connectivity index (χ3n) is 5.44. The van der Waals surface area contributed by atoms with Crippen LogP contribution in [0.4, 0.5) is 0 Å². The van der Waals surface area contributed by atoms with Crippen molar-refractivity contribution in [3.63, 3.8) is 0 Å². The molecule has 0 unspecified atom stereocenters.